The first-order chi connectivity index (χ1) is 8.06. The third-order valence-electron chi connectivity index (χ3n) is 2.65. The molecule has 0 saturated carbocycles. The van der Waals surface area contributed by atoms with E-state index in [4.69, 9.17) is 5.90 Å². The summed E-state index contributed by atoms with van der Waals surface area (Å²) in [7, 11) is 0. The van der Waals surface area contributed by atoms with Crippen molar-refractivity contribution in [1.29, 1.82) is 0 Å². The van der Waals surface area contributed by atoms with Crippen molar-refractivity contribution in [3.8, 4) is 0 Å². The molecule has 0 unspecified atom stereocenters. The first-order valence-electron chi connectivity index (χ1n) is 6.32. The van der Waals surface area contributed by atoms with E-state index in [0.29, 0.717) is 6.61 Å². The highest BCUT2D eigenvalue weighted by atomic mass is 16.6. The van der Waals surface area contributed by atoms with Gasteiger partial charge >= 0.3 is 0 Å². The average Bonchev–Trinajstić information content (AvgIpc) is 2.25. The first-order valence-corrected chi connectivity index (χ1v) is 6.32. The van der Waals surface area contributed by atoms with Crippen molar-refractivity contribution in [1.82, 2.24) is 0 Å². The predicted molar refractivity (Wildman–Crippen MR) is 75.6 cm³/mol. The Morgan fingerprint density at radius 2 is 1.41 bits per heavy atom. The molecular weight excluding hydrogens is 210 g/mol. The summed E-state index contributed by atoms with van der Waals surface area (Å²) in [4.78, 5) is 4.52. The molecule has 17 heavy (non-hydrogen) atoms. The summed E-state index contributed by atoms with van der Waals surface area (Å²) in [6.45, 7) is 9.13. The summed E-state index contributed by atoms with van der Waals surface area (Å²) in [5.41, 5.74) is 4.22. The molecule has 0 radical (unpaired) electrons. The molecule has 0 aromatic rings. The van der Waals surface area contributed by atoms with Gasteiger partial charge in [-0.1, -0.05) is 34.9 Å². The molecule has 0 fully saturated rings. The molecule has 2 heteroatoms. The van der Waals surface area contributed by atoms with E-state index in [-0.39, 0.29) is 0 Å². The molecule has 98 valence electrons. The van der Waals surface area contributed by atoms with Crippen LogP contribution in [0.25, 0.3) is 0 Å². The van der Waals surface area contributed by atoms with E-state index in [0.717, 1.165) is 19.3 Å². The molecule has 0 heterocycles. The monoisotopic (exact) mass is 237 g/mol. The van der Waals surface area contributed by atoms with Gasteiger partial charge in [0.2, 0.25) is 0 Å². The van der Waals surface area contributed by atoms with Crippen LogP contribution in [0.5, 0.6) is 0 Å². The number of allylic oxidation sites excluding steroid dienone is 5. The quantitative estimate of drug-likeness (QED) is 0.504. The van der Waals surface area contributed by atoms with Crippen molar-refractivity contribution in [3.05, 3.63) is 34.9 Å². The first kappa shape index (κ1) is 16.1. The molecule has 0 aromatic carbocycles. The Morgan fingerprint density at radius 3 is 1.94 bits per heavy atom. The van der Waals surface area contributed by atoms with Crippen molar-refractivity contribution in [2.24, 2.45) is 5.90 Å². The van der Waals surface area contributed by atoms with Gasteiger partial charge in [0.25, 0.3) is 0 Å². The molecule has 0 rings (SSSR count). The normalized spacial score (nSPS) is 12.8. The van der Waals surface area contributed by atoms with E-state index in [1.807, 2.05) is 6.08 Å². The van der Waals surface area contributed by atoms with Crippen LogP contribution in [0.3, 0.4) is 0 Å². The van der Waals surface area contributed by atoms with Crippen LogP contribution in [0.2, 0.25) is 0 Å². The van der Waals surface area contributed by atoms with Gasteiger partial charge in [0.05, 0.1) is 6.61 Å². The minimum absolute atomic E-state index is 0.509. The van der Waals surface area contributed by atoms with Gasteiger partial charge in [0.15, 0.2) is 0 Å². The lowest BCUT2D eigenvalue weighted by molar-refractivity contribution is 0.167. The smallest absolute Gasteiger partial charge is 0.0863 e. The molecule has 0 atom stereocenters. The van der Waals surface area contributed by atoms with Crippen LogP contribution in [0.4, 0.5) is 0 Å². The van der Waals surface area contributed by atoms with Crippen molar-refractivity contribution in [3.63, 3.8) is 0 Å². The Balaban J connectivity index is 3.80. The number of hydrogen-bond acceptors (Lipinski definition) is 2. The van der Waals surface area contributed by atoms with Gasteiger partial charge in [0.1, 0.15) is 0 Å². The van der Waals surface area contributed by atoms with E-state index >= 15 is 0 Å². The van der Waals surface area contributed by atoms with Crippen molar-refractivity contribution < 1.29 is 4.84 Å². The lowest BCUT2D eigenvalue weighted by Crippen LogP contribution is -1.98. The molecule has 0 saturated heterocycles. The standard InChI is InChI=1S/C15H27NO/c1-13(2)7-5-8-14(3)9-6-10-15(4)11-12-17-16/h7,9,11H,5-6,8,10,12,16H2,1-4H3. The highest BCUT2D eigenvalue weighted by Crippen LogP contribution is 2.11. The molecule has 0 amide bonds. The average molecular weight is 237 g/mol. The minimum Gasteiger partial charge on any atom is -0.300 e. The Hall–Kier alpha value is -0.860. The summed E-state index contributed by atoms with van der Waals surface area (Å²) in [5, 5.41) is 0. The Kier molecular flexibility index (Phi) is 9.78. The number of hydrogen-bond donors (Lipinski definition) is 1. The van der Waals surface area contributed by atoms with E-state index in [1.165, 1.54) is 23.1 Å². The summed E-state index contributed by atoms with van der Waals surface area (Å²) < 4.78 is 0. The molecule has 0 spiro atoms. The maximum atomic E-state index is 4.97. The van der Waals surface area contributed by atoms with E-state index < -0.39 is 0 Å². The van der Waals surface area contributed by atoms with E-state index in [1.54, 1.807) is 0 Å². The molecule has 0 bridgehead atoms. The lowest BCUT2D eigenvalue weighted by atomic mass is 10.1. The highest BCUT2D eigenvalue weighted by Gasteiger charge is 1.91. The zero-order chi connectivity index (χ0) is 13.1. The third kappa shape index (κ3) is 11.4. The molecule has 0 aliphatic heterocycles. The fraction of sp³-hybridized carbons (Fsp3) is 0.600. The third-order valence-corrected chi connectivity index (χ3v) is 2.65. The van der Waals surface area contributed by atoms with Gasteiger partial charge < -0.3 is 4.84 Å². The van der Waals surface area contributed by atoms with Crippen molar-refractivity contribution >= 4 is 0 Å². The molecule has 2 N–H and O–H groups in total. The zero-order valence-electron chi connectivity index (χ0n) is 11.8. The summed E-state index contributed by atoms with van der Waals surface area (Å²) in [6, 6.07) is 0. The SMILES string of the molecule is CC(C)=CCCC(C)=CCCC(C)=CCON. The van der Waals surface area contributed by atoms with Crippen molar-refractivity contribution in [2.75, 3.05) is 6.61 Å². The largest absolute Gasteiger partial charge is 0.300 e. The van der Waals surface area contributed by atoms with Crippen LogP contribution in [-0.2, 0) is 4.84 Å². The lowest BCUT2D eigenvalue weighted by Gasteiger charge is -2.01. The van der Waals surface area contributed by atoms with E-state index in [9.17, 15) is 0 Å². The van der Waals surface area contributed by atoms with Crippen LogP contribution in [0.15, 0.2) is 34.9 Å². The van der Waals surface area contributed by atoms with Crippen LogP contribution >= 0.6 is 0 Å². The Labute approximate surface area is 106 Å². The summed E-state index contributed by atoms with van der Waals surface area (Å²) >= 11 is 0. The van der Waals surface area contributed by atoms with Gasteiger partial charge in [-0.05, 0) is 53.4 Å². The molecule has 2 nitrogen and oxygen atoms in total. The van der Waals surface area contributed by atoms with Crippen LogP contribution in [0, 0.1) is 0 Å². The second-order valence-electron chi connectivity index (χ2n) is 4.79. The van der Waals surface area contributed by atoms with Crippen molar-refractivity contribution in [2.45, 2.75) is 53.4 Å². The topological polar surface area (TPSA) is 35.2 Å². The molecule has 0 aliphatic carbocycles. The second kappa shape index (κ2) is 10.3. The van der Waals surface area contributed by atoms with Gasteiger partial charge in [-0.25, -0.2) is 5.90 Å². The predicted octanol–water partition coefficient (Wildman–Crippen LogP) is 4.30. The van der Waals surface area contributed by atoms with E-state index in [2.05, 4.69) is 44.7 Å². The number of rotatable bonds is 8. The van der Waals surface area contributed by atoms with Gasteiger partial charge in [-0.3, -0.25) is 0 Å². The maximum absolute atomic E-state index is 4.97. The molecular formula is C15H27NO. The number of nitrogens with two attached hydrogens (primary N) is 1. The highest BCUT2D eigenvalue weighted by molar-refractivity contribution is 5.05. The summed E-state index contributed by atoms with van der Waals surface area (Å²) in [6.07, 6.45) is 11.2. The Bertz CT molecular complexity index is 283. The molecule has 0 aliphatic rings. The van der Waals surface area contributed by atoms with Gasteiger partial charge in [0, 0.05) is 0 Å². The maximum Gasteiger partial charge on any atom is 0.0863 e. The van der Waals surface area contributed by atoms with Crippen LogP contribution in [0.1, 0.15) is 53.4 Å². The Morgan fingerprint density at radius 1 is 0.882 bits per heavy atom. The van der Waals surface area contributed by atoms with Crippen LogP contribution in [-0.4, -0.2) is 6.61 Å². The zero-order valence-corrected chi connectivity index (χ0v) is 11.8. The fourth-order valence-electron chi connectivity index (χ4n) is 1.53. The van der Waals surface area contributed by atoms with Crippen LogP contribution < -0.4 is 5.90 Å². The minimum atomic E-state index is 0.509. The fourth-order valence-corrected chi connectivity index (χ4v) is 1.53. The van der Waals surface area contributed by atoms with Gasteiger partial charge in [-0.2, -0.15) is 0 Å². The summed E-state index contributed by atoms with van der Waals surface area (Å²) in [5.74, 6) is 4.97. The van der Waals surface area contributed by atoms with Gasteiger partial charge in [-0.15, -0.1) is 0 Å². The second-order valence-corrected chi connectivity index (χ2v) is 4.79. The molecule has 0 aromatic heterocycles.